The van der Waals surface area contributed by atoms with Crippen LogP contribution in [0.5, 0.6) is 5.75 Å². The number of nitrogens with zero attached hydrogens (tertiary/aromatic N) is 1. The number of benzene rings is 2. The fraction of sp³-hybridized carbons (Fsp3) is 0.0714. The maximum absolute atomic E-state index is 11.0. The van der Waals surface area contributed by atoms with E-state index in [0.29, 0.717) is 28.7 Å². The van der Waals surface area contributed by atoms with Crippen molar-refractivity contribution in [2.75, 3.05) is 7.11 Å². The van der Waals surface area contributed by atoms with Crippen molar-refractivity contribution in [3.8, 4) is 16.9 Å². The molecule has 0 atom stereocenters. The molecule has 5 heteroatoms. The zero-order valence-corrected chi connectivity index (χ0v) is 10.2. The van der Waals surface area contributed by atoms with Crippen LogP contribution in [0.15, 0.2) is 42.5 Å². The van der Waals surface area contributed by atoms with E-state index >= 15 is 0 Å². The molecule has 96 valence electrons. The minimum atomic E-state index is -0.449. The topological polar surface area (TPSA) is 69.4 Å². The number of methoxy groups -OCH3 is 1. The molecule has 2 aromatic carbocycles. The summed E-state index contributed by atoms with van der Waals surface area (Å²) in [5.74, 6) is 0.484. The molecule has 0 unspecified atom stereocenters. The number of nitro benzene ring substituents is 1. The van der Waals surface area contributed by atoms with Gasteiger partial charge in [0.05, 0.1) is 17.6 Å². The predicted octanol–water partition coefficient (Wildman–Crippen LogP) is 3.08. The molecular formula is C14H11NO4. The van der Waals surface area contributed by atoms with Crippen LogP contribution < -0.4 is 4.74 Å². The number of hydrogen-bond acceptors (Lipinski definition) is 4. The first-order valence-corrected chi connectivity index (χ1v) is 5.53. The Morgan fingerprint density at radius 3 is 2.58 bits per heavy atom. The zero-order chi connectivity index (χ0) is 13.8. The lowest BCUT2D eigenvalue weighted by Crippen LogP contribution is -1.93. The molecule has 5 nitrogen and oxygen atoms in total. The Hall–Kier alpha value is -2.69. The highest BCUT2D eigenvalue weighted by atomic mass is 16.6. The van der Waals surface area contributed by atoms with Crippen LogP contribution in [0.1, 0.15) is 10.4 Å². The summed E-state index contributed by atoms with van der Waals surface area (Å²) >= 11 is 0. The fourth-order valence-corrected chi connectivity index (χ4v) is 1.84. The molecule has 0 aliphatic heterocycles. The van der Waals surface area contributed by atoms with Gasteiger partial charge in [0.1, 0.15) is 12.0 Å². The summed E-state index contributed by atoms with van der Waals surface area (Å²) in [5.41, 5.74) is 1.43. The largest absolute Gasteiger partial charge is 0.497 e. The lowest BCUT2D eigenvalue weighted by molar-refractivity contribution is -0.384. The van der Waals surface area contributed by atoms with Gasteiger partial charge in [-0.2, -0.15) is 0 Å². The van der Waals surface area contributed by atoms with Gasteiger partial charge in [-0.15, -0.1) is 0 Å². The maximum Gasteiger partial charge on any atom is 0.277 e. The second kappa shape index (κ2) is 5.30. The average Bonchev–Trinajstić information content (AvgIpc) is 2.46. The standard InChI is InChI=1S/C14H11NO4/c1-19-12-7-10(9-16)6-11(8-12)13-4-2-3-5-14(13)15(17)18/h2-9H,1H3. The van der Waals surface area contributed by atoms with E-state index < -0.39 is 4.92 Å². The van der Waals surface area contributed by atoms with E-state index in [0.717, 1.165) is 0 Å². The molecule has 0 radical (unpaired) electrons. The summed E-state index contributed by atoms with van der Waals surface area (Å²) < 4.78 is 5.09. The SMILES string of the molecule is COc1cc(C=O)cc(-c2ccccc2[N+](=O)[O-])c1. The number of ether oxygens (including phenoxy) is 1. The molecule has 0 amide bonds. The molecule has 0 bridgehead atoms. The molecule has 2 aromatic rings. The van der Waals surface area contributed by atoms with Crippen LogP contribution in [0.2, 0.25) is 0 Å². The first-order valence-electron chi connectivity index (χ1n) is 5.53. The minimum absolute atomic E-state index is 0.00685. The lowest BCUT2D eigenvalue weighted by Gasteiger charge is -2.07. The second-order valence-corrected chi connectivity index (χ2v) is 3.89. The maximum atomic E-state index is 11.0. The third-order valence-corrected chi connectivity index (χ3v) is 2.71. The third-order valence-electron chi connectivity index (χ3n) is 2.71. The second-order valence-electron chi connectivity index (χ2n) is 3.89. The van der Waals surface area contributed by atoms with Gasteiger partial charge in [-0.05, 0) is 29.8 Å². The average molecular weight is 257 g/mol. The number of hydrogen-bond donors (Lipinski definition) is 0. The van der Waals surface area contributed by atoms with Gasteiger partial charge in [-0.25, -0.2) is 0 Å². The van der Waals surface area contributed by atoms with Gasteiger partial charge in [-0.3, -0.25) is 14.9 Å². The summed E-state index contributed by atoms with van der Waals surface area (Å²) in [7, 11) is 1.48. The first kappa shape index (κ1) is 12.8. The molecule has 0 N–H and O–H groups in total. The van der Waals surface area contributed by atoms with Crippen LogP contribution in [0.4, 0.5) is 5.69 Å². The van der Waals surface area contributed by atoms with Crippen LogP contribution in [-0.4, -0.2) is 18.3 Å². The monoisotopic (exact) mass is 257 g/mol. The van der Waals surface area contributed by atoms with Gasteiger partial charge in [0, 0.05) is 11.6 Å². The van der Waals surface area contributed by atoms with Crippen LogP contribution in [-0.2, 0) is 0 Å². The van der Waals surface area contributed by atoms with E-state index in [2.05, 4.69) is 0 Å². The van der Waals surface area contributed by atoms with Gasteiger partial charge < -0.3 is 4.74 Å². The number of para-hydroxylation sites is 1. The van der Waals surface area contributed by atoms with E-state index in [1.807, 2.05) is 0 Å². The summed E-state index contributed by atoms with van der Waals surface area (Å²) in [6.07, 6.45) is 0.681. The normalized spacial score (nSPS) is 9.95. The van der Waals surface area contributed by atoms with E-state index in [1.54, 1.807) is 36.4 Å². The summed E-state index contributed by atoms with van der Waals surface area (Å²) in [4.78, 5) is 21.4. The van der Waals surface area contributed by atoms with Crippen LogP contribution in [0.25, 0.3) is 11.1 Å². The van der Waals surface area contributed by atoms with Crippen molar-refractivity contribution in [3.05, 3.63) is 58.1 Å². The quantitative estimate of drug-likeness (QED) is 0.479. The van der Waals surface area contributed by atoms with E-state index in [-0.39, 0.29) is 5.69 Å². The highest BCUT2D eigenvalue weighted by molar-refractivity contribution is 5.82. The highest BCUT2D eigenvalue weighted by Gasteiger charge is 2.15. The molecule has 0 spiro atoms. The van der Waals surface area contributed by atoms with E-state index in [9.17, 15) is 14.9 Å². The number of carbonyl (C=O) groups excluding carboxylic acids is 1. The highest BCUT2D eigenvalue weighted by Crippen LogP contribution is 2.32. The molecule has 0 fully saturated rings. The Balaban J connectivity index is 2.64. The smallest absolute Gasteiger partial charge is 0.277 e. The Kier molecular flexibility index (Phi) is 3.56. The molecule has 19 heavy (non-hydrogen) atoms. The van der Waals surface area contributed by atoms with Gasteiger partial charge in [-0.1, -0.05) is 12.1 Å². The summed E-state index contributed by atoms with van der Waals surface area (Å²) in [6, 6.07) is 11.2. The molecule has 0 saturated carbocycles. The van der Waals surface area contributed by atoms with Crippen LogP contribution in [0.3, 0.4) is 0 Å². The first-order chi connectivity index (χ1) is 9.15. The molecule has 0 aliphatic rings. The van der Waals surface area contributed by atoms with Crippen molar-refractivity contribution in [2.24, 2.45) is 0 Å². The number of carbonyl (C=O) groups is 1. The van der Waals surface area contributed by atoms with Gasteiger partial charge in [0.15, 0.2) is 0 Å². The Labute approximate surface area is 109 Å². The summed E-state index contributed by atoms with van der Waals surface area (Å²) in [5, 5.41) is 11.0. The lowest BCUT2D eigenvalue weighted by atomic mass is 10.0. The molecule has 0 saturated heterocycles. The summed E-state index contributed by atoms with van der Waals surface area (Å²) in [6.45, 7) is 0. The van der Waals surface area contributed by atoms with Crippen molar-refractivity contribution >= 4 is 12.0 Å². The van der Waals surface area contributed by atoms with Crippen molar-refractivity contribution in [1.29, 1.82) is 0 Å². The van der Waals surface area contributed by atoms with E-state index in [4.69, 9.17) is 4.74 Å². The van der Waals surface area contributed by atoms with Crippen molar-refractivity contribution in [2.45, 2.75) is 0 Å². The van der Waals surface area contributed by atoms with Gasteiger partial charge in [0.2, 0.25) is 0 Å². The van der Waals surface area contributed by atoms with Gasteiger partial charge >= 0.3 is 0 Å². The number of nitro groups is 1. The van der Waals surface area contributed by atoms with Crippen LogP contribution >= 0.6 is 0 Å². The zero-order valence-electron chi connectivity index (χ0n) is 10.2. The van der Waals surface area contributed by atoms with Gasteiger partial charge in [0.25, 0.3) is 5.69 Å². The van der Waals surface area contributed by atoms with Crippen molar-refractivity contribution in [1.82, 2.24) is 0 Å². The number of rotatable bonds is 4. The Bertz CT molecular complexity index is 637. The Morgan fingerprint density at radius 1 is 1.21 bits per heavy atom. The molecule has 0 heterocycles. The Morgan fingerprint density at radius 2 is 1.95 bits per heavy atom. The fourth-order valence-electron chi connectivity index (χ4n) is 1.84. The molecule has 0 aliphatic carbocycles. The number of aldehydes is 1. The molecule has 2 rings (SSSR count). The van der Waals surface area contributed by atoms with Crippen molar-refractivity contribution < 1.29 is 14.5 Å². The van der Waals surface area contributed by atoms with E-state index in [1.165, 1.54) is 13.2 Å². The minimum Gasteiger partial charge on any atom is -0.497 e. The molecular weight excluding hydrogens is 246 g/mol. The van der Waals surface area contributed by atoms with Crippen LogP contribution in [0, 0.1) is 10.1 Å². The molecule has 0 aromatic heterocycles. The third kappa shape index (κ3) is 2.60. The van der Waals surface area contributed by atoms with Crippen molar-refractivity contribution in [3.63, 3.8) is 0 Å². The predicted molar refractivity (Wildman–Crippen MR) is 70.5 cm³/mol.